The third-order valence-electron chi connectivity index (χ3n) is 6.15. The van der Waals surface area contributed by atoms with Crippen molar-refractivity contribution in [3.63, 3.8) is 0 Å². The molecule has 2 aliphatic rings. The van der Waals surface area contributed by atoms with E-state index in [1.807, 2.05) is 67.4 Å². The molecular weight excluding hydrogens is 492 g/mol. The van der Waals surface area contributed by atoms with Crippen LogP contribution in [-0.2, 0) is 9.59 Å². The second kappa shape index (κ2) is 10.3. The maximum atomic E-state index is 12.8. The Kier molecular flexibility index (Phi) is 6.94. The van der Waals surface area contributed by atoms with E-state index in [2.05, 4.69) is 34.6 Å². The Morgan fingerprint density at radius 3 is 2.53 bits per heavy atom. The van der Waals surface area contributed by atoms with Gasteiger partial charge in [0.1, 0.15) is 5.25 Å². The van der Waals surface area contributed by atoms with Crippen LogP contribution in [0.15, 0.2) is 82.9 Å². The fourth-order valence-corrected chi connectivity index (χ4v) is 5.45. The topological polar surface area (TPSA) is 74.1 Å². The molecule has 1 N–H and O–H groups in total. The molecule has 0 saturated heterocycles. The summed E-state index contributed by atoms with van der Waals surface area (Å²) in [4.78, 5) is 29.7. The van der Waals surface area contributed by atoms with E-state index in [1.165, 1.54) is 17.3 Å². The first-order chi connectivity index (χ1) is 17.4. The van der Waals surface area contributed by atoms with Crippen molar-refractivity contribution in [2.75, 3.05) is 5.32 Å². The highest BCUT2D eigenvalue weighted by Crippen LogP contribution is 2.39. The summed E-state index contributed by atoms with van der Waals surface area (Å²) in [5.74, 6) is -0.536. The number of halogens is 1. The van der Waals surface area contributed by atoms with E-state index in [0.29, 0.717) is 22.3 Å². The highest BCUT2D eigenvalue weighted by molar-refractivity contribution is 8.15. The number of hydrogen-bond donors (Lipinski definition) is 1. The highest BCUT2D eigenvalue weighted by Gasteiger charge is 2.39. The zero-order valence-corrected chi connectivity index (χ0v) is 21.5. The largest absolute Gasteiger partial charge is 0.326 e. The number of anilines is 1. The number of benzene rings is 3. The molecule has 0 bridgehead atoms. The molecule has 0 saturated carbocycles. The first-order valence-electron chi connectivity index (χ1n) is 11.7. The molecule has 36 heavy (non-hydrogen) atoms. The lowest BCUT2D eigenvalue weighted by atomic mass is 9.98. The summed E-state index contributed by atoms with van der Waals surface area (Å²) >= 11 is 7.41. The second-order valence-corrected chi connectivity index (χ2v) is 10.6. The number of hydrazone groups is 1. The van der Waals surface area contributed by atoms with Crippen LogP contribution in [0.1, 0.15) is 41.1 Å². The van der Waals surface area contributed by atoms with E-state index in [0.717, 1.165) is 22.4 Å². The van der Waals surface area contributed by atoms with Gasteiger partial charge in [0.15, 0.2) is 5.17 Å². The van der Waals surface area contributed by atoms with Gasteiger partial charge in [0.2, 0.25) is 5.91 Å². The summed E-state index contributed by atoms with van der Waals surface area (Å²) in [6, 6.07) is 23.3. The molecule has 6 nitrogen and oxygen atoms in total. The van der Waals surface area contributed by atoms with Gasteiger partial charge in [-0.1, -0.05) is 77.5 Å². The van der Waals surface area contributed by atoms with Crippen molar-refractivity contribution in [2.45, 2.75) is 38.0 Å². The molecule has 3 aromatic rings. The van der Waals surface area contributed by atoms with Crippen LogP contribution in [-0.4, -0.2) is 33.0 Å². The van der Waals surface area contributed by atoms with Crippen molar-refractivity contribution >= 4 is 51.7 Å². The molecule has 0 aromatic heterocycles. The van der Waals surface area contributed by atoms with Crippen molar-refractivity contribution in [1.29, 1.82) is 0 Å². The summed E-state index contributed by atoms with van der Waals surface area (Å²) in [6.45, 7) is 4.01. The zero-order valence-electron chi connectivity index (χ0n) is 19.9. The van der Waals surface area contributed by atoms with Gasteiger partial charge in [0, 0.05) is 23.6 Å². The van der Waals surface area contributed by atoms with Crippen LogP contribution in [0.25, 0.3) is 0 Å². The smallest absolute Gasteiger partial charge is 0.262 e. The van der Waals surface area contributed by atoms with E-state index in [-0.39, 0.29) is 24.3 Å². The molecular formula is C28H25ClN4O2S. The Morgan fingerprint density at radius 2 is 1.81 bits per heavy atom. The molecule has 0 aliphatic carbocycles. The van der Waals surface area contributed by atoms with Gasteiger partial charge in [-0.15, -0.1) is 0 Å². The Hall–Kier alpha value is -3.42. The number of hydrogen-bond acceptors (Lipinski definition) is 5. The van der Waals surface area contributed by atoms with Crippen LogP contribution in [0.3, 0.4) is 0 Å². The zero-order chi connectivity index (χ0) is 25.2. The average molecular weight is 517 g/mol. The minimum absolute atomic E-state index is 0.0401. The standard InChI is InChI=1S/C28H25ClN4O2S/c1-17-6-8-19(9-7-17)23-15-24(20-10-12-21(29)13-11-20)33(32-23)28-31-27(35)25(36-28)16-26(34)30-22-5-3-4-18(2)14-22/h3-14,24-25H,15-16H2,1-2H3,(H,30,34). The molecule has 0 radical (unpaired) electrons. The van der Waals surface area contributed by atoms with Gasteiger partial charge in [-0.3, -0.25) is 9.59 Å². The molecule has 0 spiro atoms. The molecule has 8 heteroatoms. The van der Waals surface area contributed by atoms with Crippen LogP contribution in [0.5, 0.6) is 0 Å². The number of carbonyl (C=O) groups excluding carboxylic acids is 2. The van der Waals surface area contributed by atoms with Gasteiger partial charge in [-0.25, -0.2) is 5.01 Å². The molecule has 2 heterocycles. The van der Waals surface area contributed by atoms with Gasteiger partial charge in [0.05, 0.1) is 11.8 Å². The van der Waals surface area contributed by atoms with E-state index < -0.39 is 5.25 Å². The maximum absolute atomic E-state index is 12.8. The molecule has 2 unspecified atom stereocenters. The van der Waals surface area contributed by atoms with Crippen LogP contribution in [0.4, 0.5) is 5.69 Å². The monoisotopic (exact) mass is 516 g/mol. The van der Waals surface area contributed by atoms with E-state index in [1.54, 1.807) is 0 Å². The minimum Gasteiger partial charge on any atom is -0.326 e. The van der Waals surface area contributed by atoms with E-state index >= 15 is 0 Å². The number of amidine groups is 1. The molecule has 2 atom stereocenters. The highest BCUT2D eigenvalue weighted by atomic mass is 35.5. The van der Waals surface area contributed by atoms with Crippen LogP contribution in [0.2, 0.25) is 5.02 Å². The molecule has 0 fully saturated rings. The lowest BCUT2D eigenvalue weighted by molar-refractivity contribution is -0.121. The number of amides is 2. The maximum Gasteiger partial charge on any atom is 0.262 e. The lowest BCUT2D eigenvalue weighted by Gasteiger charge is -2.23. The summed E-state index contributed by atoms with van der Waals surface area (Å²) in [5, 5.41) is 10.2. The van der Waals surface area contributed by atoms with E-state index in [9.17, 15) is 9.59 Å². The minimum atomic E-state index is -0.589. The van der Waals surface area contributed by atoms with Crippen LogP contribution < -0.4 is 5.32 Å². The number of rotatable bonds is 5. The van der Waals surface area contributed by atoms with Crippen molar-refractivity contribution < 1.29 is 9.59 Å². The Labute approximate surface area is 219 Å². The number of carbonyl (C=O) groups is 2. The Bertz CT molecular complexity index is 1370. The fourth-order valence-electron chi connectivity index (χ4n) is 4.26. The van der Waals surface area contributed by atoms with Crippen LogP contribution >= 0.6 is 23.4 Å². The summed E-state index contributed by atoms with van der Waals surface area (Å²) in [6.07, 6.45) is 0.704. The first-order valence-corrected chi connectivity index (χ1v) is 13.0. The van der Waals surface area contributed by atoms with Crippen molar-refractivity contribution in [3.8, 4) is 0 Å². The summed E-state index contributed by atoms with van der Waals surface area (Å²) in [7, 11) is 0. The number of nitrogens with one attached hydrogen (secondary N) is 1. The Balaban J connectivity index is 1.35. The van der Waals surface area contributed by atoms with Crippen molar-refractivity contribution in [3.05, 3.63) is 100 Å². The van der Waals surface area contributed by atoms with E-state index in [4.69, 9.17) is 16.7 Å². The van der Waals surface area contributed by atoms with Gasteiger partial charge in [-0.05, 0) is 54.8 Å². The molecule has 3 aromatic carbocycles. The van der Waals surface area contributed by atoms with Crippen molar-refractivity contribution in [1.82, 2.24) is 5.01 Å². The van der Waals surface area contributed by atoms with Crippen LogP contribution in [0, 0.1) is 13.8 Å². The Morgan fingerprint density at radius 1 is 1.06 bits per heavy atom. The fraction of sp³-hybridized carbons (Fsp3) is 0.214. The number of thioether (sulfide) groups is 1. The predicted octanol–water partition coefficient (Wildman–Crippen LogP) is 6.13. The first kappa shape index (κ1) is 24.3. The van der Waals surface area contributed by atoms with Crippen molar-refractivity contribution in [2.24, 2.45) is 10.1 Å². The SMILES string of the molecule is Cc1ccc(C2=NN(C3=NC(=O)C(CC(=O)Nc4cccc(C)c4)S3)C(c3ccc(Cl)cc3)C2)cc1. The quantitative estimate of drug-likeness (QED) is 0.442. The second-order valence-electron chi connectivity index (χ2n) is 8.99. The summed E-state index contributed by atoms with van der Waals surface area (Å²) < 4.78 is 0. The molecule has 182 valence electrons. The average Bonchev–Trinajstić information content (AvgIpc) is 3.44. The lowest BCUT2D eigenvalue weighted by Crippen LogP contribution is -2.25. The van der Waals surface area contributed by atoms with Gasteiger partial charge in [-0.2, -0.15) is 10.1 Å². The van der Waals surface area contributed by atoms with Gasteiger partial charge >= 0.3 is 0 Å². The third-order valence-corrected chi connectivity index (χ3v) is 7.54. The normalized spacial score (nSPS) is 19.3. The molecule has 2 aliphatic heterocycles. The number of nitrogens with zero attached hydrogens (tertiary/aromatic N) is 3. The summed E-state index contributed by atoms with van der Waals surface area (Å²) in [5.41, 5.74) is 5.93. The number of aliphatic imine (C=N–C) groups is 1. The predicted molar refractivity (Wildman–Crippen MR) is 147 cm³/mol. The third kappa shape index (κ3) is 5.37. The van der Waals surface area contributed by atoms with Gasteiger partial charge in [0.25, 0.3) is 5.91 Å². The molecule has 2 amide bonds. The van der Waals surface area contributed by atoms with Gasteiger partial charge < -0.3 is 5.32 Å². The number of aryl methyl sites for hydroxylation is 2. The molecule has 5 rings (SSSR count).